The van der Waals surface area contributed by atoms with E-state index in [9.17, 15) is 9.59 Å². The van der Waals surface area contributed by atoms with Gasteiger partial charge in [0.15, 0.2) is 0 Å². The third-order valence-corrected chi connectivity index (χ3v) is 4.51. The molecule has 6 nitrogen and oxygen atoms in total. The first-order valence-corrected chi connectivity index (χ1v) is 7.85. The Morgan fingerprint density at radius 3 is 2.78 bits per heavy atom. The second kappa shape index (κ2) is 5.01. The van der Waals surface area contributed by atoms with Gasteiger partial charge in [-0.15, -0.1) is 0 Å². The first kappa shape index (κ1) is 14.1. The third kappa shape index (κ3) is 2.09. The van der Waals surface area contributed by atoms with Crippen LogP contribution in [0.2, 0.25) is 0 Å². The average Bonchev–Trinajstić information content (AvgIpc) is 2.89. The molecule has 1 aliphatic carbocycles. The molecule has 23 heavy (non-hydrogen) atoms. The number of nitrogens with zero attached hydrogens (tertiary/aromatic N) is 3. The highest BCUT2D eigenvalue weighted by molar-refractivity contribution is 6.03. The van der Waals surface area contributed by atoms with Crippen molar-refractivity contribution in [1.82, 2.24) is 14.5 Å². The molecule has 0 saturated heterocycles. The van der Waals surface area contributed by atoms with Crippen molar-refractivity contribution in [2.24, 2.45) is 0 Å². The van der Waals surface area contributed by atoms with Gasteiger partial charge in [-0.25, -0.2) is 9.97 Å². The largest absolute Gasteiger partial charge is 0.430 e. The van der Waals surface area contributed by atoms with Crippen LogP contribution in [0.1, 0.15) is 36.6 Å². The number of aromatic nitrogens is 3. The Hall–Kier alpha value is -2.50. The van der Waals surface area contributed by atoms with Crippen LogP contribution in [-0.4, -0.2) is 20.3 Å². The SMILES string of the molecule is CC(=O)Cn1cnc2c(oc3nc(C)c4c(c32)CCCC4)c1=O. The third-order valence-electron chi connectivity index (χ3n) is 4.51. The maximum absolute atomic E-state index is 12.5. The highest BCUT2D eigenvalue weighted by Crippen LogP contribution is 2.34. The van der Waals surface area contributed by atoms with E-state index in [1.54, 1.807) is 0 Å². The lowest BCUT2D eigenvalue weighted by Gasteiger charge is -2.17. The minimum Gasteiger partial charge on any atom is -0.430 e. The Balaban J connectivity index is 2.07. The van der Waals surface area contributed by atoms with Gasteiger partial charge in [0.25, 0.3) is 5.56 Å². The van der Waals surface area contributed by atoms with Gasteiger partial charge in [0, 0.05) is 5.69 Å². The zero-order valence-corrected chi connectivity index (χ0v) is 13.2. The lowest BCUT2D eigenvalue weighted by molar-refractivity contribution is -0.117. The summed E-state index contributed by atoms with van der Waals surface area (Å²) in [4.78, 5) is 32.7. The van der Waals surface area contributed by atoms with Gasteiger partial charge in [-0.3, -0.25) is 14.2 Å². The minimum atomic E-state index is -0.328. The fourth-order valence-corrected chi connectivity index (χ4v) is 3.49. The molecule has 4 rings (SSSR count). The van der Waals surface area contributed by atoms with Crippen LogP contribution < -0.4 is 5.56 Å². The number of rotatable bonds is 2. The highest BCUT2D eigenvalue weighted by Gasteiger charge is 2.23. The van der Waals surface area contributed by atoms with E-state index in [1.165, 1.54) is 28.9 Å². The monoisotopic (exact) mass is 311 g/mol. The topological polar surface area (TPSA) is 78.0 Å². The van der Waals surface area contributed by atoms with Crippen LogP contribution in [0.5, 0.6) is 0 Å². The predicted molar refractivity (Wildman–Crippen MR) is 85.6 cm³/mol. The van der Waals surface area contributed by atoms with Crippen molar-refractivity contribution in [3.8, 4) is 0 Å². The standard InChI is InChI=1S/C17H17N3O3/c1-9(21)7-20-8-18-14-13-12-6-4-3-5-11(12)10(2)19-16(13)23-15(14)17(20)22/h8H,3-7H2,1-2H3. The van der Waals surface area contributed by atoms with Gasteiger partial charge < -0.3 is 4.42 Å². The maximum atomic E-state index is 12.5. The zero-order valence-electron chi connectivity index (χ0n) is 13.2. The minimum absolute atomic E-state index is 0.00336. The van der Waals surface area contributed by atoms with Crippen molar-refractivity contribution >= 4 is 28.0 Å². The number of carbonyl (C=O) groups excluding carboxylic acids is 1. The number of hydrogen-bond donors (Lipinski definition) is 0. The van der Waals surface area contributed by atoms with Crippen molar-refractivity contribution in [1.29, 1.82) is 0 Å². The maximum Gasteiger partial charge on any atom is 0.297 e. The summed E-state index contributed by atoms with van der Waals surface area (Å²) in [7, 11) is 0. The Kier molecular flexibility index (Phi) is 3.07. The van der Waals surface area contributed by atoms with Gasteiger partial charge >= 0.3 is 0 Å². The van der Waals surface area contributed by atoms with Gasteiger partial charge in [-0.05, 0) is 50.7 Å². The van der Waals surface area contributed by atoms with Crippen molar-refractivity contribution < 1.29 is 9.21 Å². The van der Waals surface area contributed by atoms with E-state index in [2.05, 4.69) is 9.97 Å². The van der Waals surface area contributed by atoms with Crippen LogP contribution in [-0.2, 0) is 24.2 Å². The fraction of sp³-hybridized carbons (Fsp3) is 0.412. The second-order valence-electron chi connectivity index (χ2n) is 6.20. The van der Waals surface area contributed by atoms with Crippen LogP contribution in [0.15, 0.2) is 15.5 Å². The van der Waals surface area contributed by atoms with E-state index in [-0.39, 0.29) is 23.5 Å². The Morgan fingerprint density at radius 2 is 2.04 bits per heavy atom. The number of carbonyl (C=O) groups is 1. The number of aryl methyl sites for hydroxylation is 2. The number of fused-ring (bicyclic) bond motifs is 5. The molecule has 0 bridgehead atoms. The highest BCUT2D eigenvalue weighted by atomic mass is 16.3. The van der Waals surface area contributed by atoms with E-state index in [0.717, 1.165) is 36.8 Å². The summed E-state index contributed by atoms with van der Waals surface area (Å²) in [6.45, 7) is 3.43. The molecule has 0 N–H and O–H groups in total. The normalized spacial score (nSPS) is 14.3. The van der Waals surface area contributed by atoms with E-state index in [1.807, 2.05) is 6.92 Å². The molecule has 3 aromatic heterocycles. The van der Waals surface area contributed by atoms with E-state index in [0.29, 0.717) is 11.2 Å². The van der Waals surface area contributed by atoms with Crippen LogP contribution in [0.3, 0.4) is 0 Å². The van der Waals surface area contributed by atoms with Gasteiger partial charge in [-0.1, -0.05) is 0 Å². The lowest BCUT2D eigenvalue weighted by atomic mass is 9.89. The summed E-state index contributed by atoms with van der Waals surface area (Å²) in [5.74, 6) is -0.101. The van der Waals surface area contributed by atoms with Crippen LogP contribution in [0, 0.1) is 6.92 Å². The molecule has 0 spiro atoms. The summed E-state index contributed by atoms with van der Waals surface area (Å²) >= 11 is 0. The first-order chi connectivity index (χ1) is 11.1. The number of ketones is 1. The number of furan rings is 1. The van der Waals surface area contributed by atoms with Crippen LogP contribution in [0.25, 0.3) is 22.2 Å². The summed E-state index contributed by atoms with van der Waals surface area (Å²) in [6.07, 6.45) is 5.69. The molecule has 0 aliphatic heterocycles. The van der Waals surface area contributed by atoms with Crippen molar-refractivity contribution in [3.63, 3.8) is 0 Å². The first-order valence-electron chi connectivity index (χ1n) is 7.85. The van der Waals surface area contributed by atoms with Gasteiger partial charge in [-0.2, -0.15) is 0 Å². The molecule has 0 atom stereocenters. The van der Waals surface area contributed by atoms with E-state index in [4.69, 9.17) is 4.42 Å². The Morgan fingerprint density at radius 1 is 1.30 bits per heavy atom. The predicted octanol–water partition coefficient (Wildman–Crippen LogP) is 2.31. The molecular formula is C17H17N3O3. The summed E-state index contributed by atoms with van der Waals surface area (Å²) in [5.41, 5.74) is 4.35. The molecule has 6 heteroatoms. The number of pyridine rings is 1. The molecule has 0 radical (unpaired) electrons. The summed E-state index contributed by atoms with van der Waals surface area (Å²) in [6, 6.07) is 0. The molecule has 118 valence electrons. The molecule has 0 aromatic carbocycles. The molecular weight excluding hydrogens is 294 g/mol. The van der Waals surface area contributed by atoms with E-state index < -0.39 is 0 Å². The van der Waals surface area contributed by atoms with Crippen LogP contribution in [0.4, 0.5) is 0 Å². The van der Waals surface area contributed by atoms with Gasteiger partial charge in [0.1, 0.15) is 11.3 Å². The molecule has 0 fully saturated rings. The molecule has 0 unspecified atom stereocenters. The van der Waals surface area contributed by atoms with Gasteiger partial charge in [0.2, 0.25) is 11.3 Å². The number of hydrogen-bond acceptors (Lipinski definition) is 5. The van der Waals surface area contributed by atoms with Crippen molar-refractivity contribution in [2.75, 3.05) is 0 Å². The molecule has 0 amide bonds. The summed E-state index contributed by atoms with van der Waals surface area (Å²) in [5, 5.41) is 0.868. The smallest absolute Gasteiger partial charge is 0.297 e. The lowest BCUT2D eigenvalue weighted by Crippen LogP contribution is -2.23. The zero-order chi connectivity index (χ0) is 16.1. The second-order valence-corrected chi connectivity index (χ2v) is 6.20. The Bertz CT molecular complexity index is 1010. The van der Waals surface area contributed by atoms with Crippen molar-refractivity contribution in [3.05, 3.63) is 33.5 Å². The van der Waals surface area contributed by atoms with Crippen molar-refractivity contribution in [2.45, 2.75) is 46.1 Å². The van der Waals surface area contributed by atoms with Gasteiger partial charge in [0.05, 0.1) is 18.3 Å². The quantitative estimate of drug-likeness (QED) is 0.725. The average molecular weight is 311 g/mol. The Labute approximate surface area is 132 Å². The number of Topliss-reactive ketones (excluding diaryl/α,β-unsaturated/α-hetero) is 1. The van der Waals surface area contributed by atoms with Crippen LogP contribution >= 0.6 is 0 Å². The molecule has 3 heterocycles. The van der Waals surface area contributed by atoms with E-state index >= 15 is 0 Å². The summed E-state index contributed by atoms with van der Waals surface area (Å²) < 4.78 is 7.02. The molecule has 3 aromatic rings. The fourth-order valence-electron chi connectivity index (χ4n) is 3.49. The molecule has 1 aliphatic rings. The molecule has 0 saturated carbocycles.